The molecule has 0 saturated carbocycles. The standard InChI is InChI=1S/C14H21N3O3S/c1-9-8-21-11(15-9)10(2)16-13(20)17-6-4-14(3,5-7-17)12(18)19/h8,10H,4-7H2,1-3H3,(H,16,20)(H,18,19). The summed E-state index contributed by atoms with van der Waals surface area (Å²) in [5, 5.41) is 15.0. The highest BCUT2D eigenvalue weighted by atomic mass is 32.1. The third kappa shape index (κ3) is 3.53. The fourth-order valence-electron chi connectivity index (χ4n) is 2.33. The Morgan fingerprint density at radius 2 is 2.10 bits per heavy atom. The number of aliphatic carboxylic acids is 1. The Morgan fingerprint density at radius 3 is 2.57 bits per heavy atom. The lowest BCUT2D eigenvalue weighted by atomic mass is 9.80. The van der Waals surface area contributed by atoms with Crippen LogP contribution in [0.25, 0.3) is 0 Å². The number of hydrogen-bond acceptors (Lipinski definition) is 4. The molecule has 116 valence electrons. The highest BCUT2D eigenvalue weighted by Crippen LogP contribution is 2.31. The van der Waals surface area contributed by atoms with Crippen LogP contribution in [0.15, 0.2) is 5.38 Å². The first-order valence-electron chi connectivity index (χ1n) is 7.03. The molecule has 2 rings (SSSR count). The molecule has 0 spiro atoms. The Labute approximate surface area is 128 Å². The van der Waals surface area contributed by atoms with Crippen LogP contribution < -0.4 is 5.32 Å². The van der Waals surface area contributed by atoms with Gasteiger partial charge in [0.2, 0.25) is 0 Å². The second kappa shape index (κ2) is 6.01. The van der Waals surface area contributed by atoms with Gasteiger partial charge in [-0.1, -0.05) is 0 Å². The van der Waals surface area contributed by atoms with Crippen molar-refractivity contribution in [1.29, 1.82) is 0 Å². The van der Waals surface area contributed by atoms with Crippen LogP contribution in [0.5, 0.6) is 0 Å². The number of nitrogens with zero attached hydrogens (tertiary/aromatic N) is 2. The number of amides is 2. The quantitative estimate of drug-likeness (QED) is 0.898. The third-order valence-electron chi connectivity index (χ3n) is 4.02. The normalized spacial score (nSPS) is 19.1. The van der Waals surface area contributed by atoms with E-state index in [0.717, 1.165) is 10.7 Å². The summed E-state index contributed by atoms with van der Waals surface area (Å²) in [6.07, 6.45) is 0.973. The van der Waals surface area contributed by atoms with E-state index in [1.807, 2.05) is 19.2 Å². The smallest absolute Gasteiger partial charge is 0.317 e. The molecule has 21 heavy (non-hydrogen) atoms. The second-order valence-corrected chi connectivity index (χ2v) is 6.74. The van der Waals surface area contributed by atoms with Crippen LogP contribution in [0.4, 0.5) is 4.79 Å². The van der Waals surface area contributed by atoms with E-state index in [-0.39, 0.29) is 12.1 Å². The van der Waals surface area contributed by atoms with E-state index in [9.17, 15) is 14.7 Å². The Hall–Kier alpha value is -1.63. The minimum Gasteiger partial charge on any atom is -0.481 e. The number of carboxylic acid groups (broad SMARTS) is 1. The summed E-state index contributed by atoms with van der Waals surface area (Å²) in [4.78, 5) is 29.5. The minimum absolute atomic E-state index is 0.135. The molecule has 1 unspecified atom stereocenters. The van der Waals surface area contributed by atoms with Crippen LogP contribution in [0, 0.1) is 12.3 Å². The lowest BCUT2D eigenvalue weighted by Crippen LogP contribution is -2.49. The first-order valence-corrected chi connectivity index (χ1v) is 7.91. The number of rotatable bonds is 3. The van der Waals surface area contributed by atoms with Gasteiger partial charge in [-0.3, -0.25) is 4.79 Å². The van der Waals surface area contributed by atoms with Gasteiger partial charge in [-0.2, -0.15) is 0 Å². The van der Waals surface area contributed by atoms with Crippen molar-refractivity contribution < 1.29 is 14.7 Å². The number of carbonyl (C=O) groups is 2. The predicted molar refractivity (Wildman–Crippen MR) is 80.3 cm³/mol. The summed E-state index contributed by atoms with van der Waals surface area (Å²) in [6, 6.07) is -0.285. The molecule has 1 aliphatic heterocycles. The van der Waals surface area contributed by atoms with Gasteiger partial charge in [0.1, 0.15) is 5.01 Å². The fourth-order valence-corrected chi connectivity index (χ4v) is 3.13. The van der Waals surface area contributed by atoms with Gasteiger partial charge >= 0.3 is 12.0 Å². The lowest BCUT2D eigenvalue weighted by molar-refractivity contribution is -0.150. The van der Waals surface area contributed by atoms with Crippen molar-refractivity contribution in [3.63, 3.8) is 0 Å². The predicted octanol–water partition coefficient (Wildman–Crippen LogP) is 2.41. The van der Waals surface area contributed by atoms with Gasteiger partial charge in [-0.15, -0.1) is 11.3 Å². The summed E-state index contributed by atoms with van der Waals surface area (Å²) >= 11 is 1.53. The molecule has 1 aliphatic rings. The third-order valence-corrected chi connectivity index (χ3v) is 5.16. The van der Waals surface area contributed by atoms with Crippen LogP contribution >= 0.6 is 11.3 Å². The van der Waals surface area contributed by atoms with E-state index in [2.05, 4.69) is 10.3 Å². The summed E-state index contributed by atoms with van der Waals surface area (Å²) in [5.41, 5.74) is 0.237. The molecule has 7 heteroatoms. The van der Waals surface area contributed by atoms with Gasteiger partial charge < -0.3 is 15.3 Å². The number of carboxylic acids is 1. The SMILES string of the molecule is Cc1csc(C(C)NC(=O)N2CCC(C)(C(=O)O)CC2)n1. The van der Waals surface area contributed by atoms with E-state index < -0.39 is 11.4 Å². The van der Waals surface area contributed by atoms with Gasteiger partial charge in [-0.25, -0.2) is 9.78 Å². The summed E-state index contributed by atoms with van der Waals surface area (Å²) < 4.78 is 0. The average molecular weight is 311 g/mol. The molecule has 1 fully saturated rings. The molecular formula is C14H21N3O3S. The van der Waals surface area contributed by atoms with Crippen molar-refractivity contribution in [2.75, 3.05) is 13.1 Å². The van der Waals surface area contributed by atoms with Gasteiger partial charge in [0, 0.05) is 24.2 Å². The Kier molecular flexibility index (Phi) is 4.51. The zero-order valence-electron chi connectivity index (χ0n) is 12.5. The Bertz CT molecular complexity index is 535. The van der Waals surface area contributed by atoms with Crippen molar-refractivity contribution in [3.05, 3.63) is 16.1 Å². The fraction of sp³-hybridized carbons (Fsp3) is 0.643. The molecular weight excluding hydrogens is 290 g/mol. The minimum atomic E-state index is -0.783. The summed E-state index contributed by atoms with van der Waals surface area (Å²) in [5.74, 6) is -0.783. The van der Waals surface area contributed by atoms with Crippen molar-refractivity contribution in [1.82, 2.24) is 15.2 Å². The molecule has 0 radical (unpaired) electrons. The van der Waals surface area contributed by atoms with Gasteiger partial charge in [0.15, 0.2) is 0 Å². The number of piperidine rings is 1. The highest BCUT2D eigenvalue weighted by Gasteiger charge is 2.38. The summed E-state index contributed by atoms with van der Waals surface area (Å²) in [6.45, 7) is 6.51. The number of aromatic nitrogens is 1. The Morgan fingerprint density at radius 1 is 1.48 bits per heavy atom. The monoisotopic (exact) mass is 311 g/mol. The number of carbonyl (C=O) groups excluding carboxylic acids is 1. The molecule has 0 aliphatic carbocycles. The van der Waals surface area contributed by atoms with E-state index in [0.29, 0.717) is 25.9 Å². The maximum Gasteiger partial charge on any atom is 0.317 e. The average Bonchev–Trinajstić information content (AvgIpc) is 2.86. The molecule has 0 bridgehead atoms. The van der Waals surface area contributed by atoms with E-state index in [1.54, 1.807) is 11.8 Å². The number of thiazole rings is 1. The molecule has 2 heterocycles. The number of urea groups is 1. The number of hydrogen-bond donors (Lipinski definition) is 2. The van der Waals surface area contributed by atoms with Crippen LogP contribution in [0.1, 0.15) is 43.4 Å². The number of aryl methyl sites for hydroxylation is 1. The van der Waals surface area contributed by atoms with Crippen molar-refractivity contribution in [3.8, 4) is 0 Å². The van der Waals surface area contributed by atoms with Gasteiger partial charge in [0.25, 0.3) is 0 Å². The maximum atomic E-state index is 12.2. The Balaban J connectivity index is 1.89. The van der Waals surface area contributed by atoms with Crippen LogP contribution in [-0.4, -0.2) is 40.1 Å². The maximum absolute atomic E-state index is 12.2. The first kappa shape index (κ1) is 15.8. The van der Waals surface area contributed by atoms with E-state index in [1.165, 1.54) is 11.3 Å². The number of likely N-dealkylation sites (tertiary alicyclic amines) is 1. The van der Waals surface area contributed by atoms with Gasteiger partial charge in [-0.05, 0) is 33.6 Å². The van der Waals surface area contributed by atoms with Crippen LogP contribution in [-0.2, 0) is 4.79 Å². The molecule has 0 aromatic carbocycles. The molecule has 2 amide bonds. The molecule has 1 aromatic rings. The largest absolute Gasteiger partial charge is 0.481 e. The number of nitrogens with one attached hydrogen (secondary N) is 1. The van der Waals surface area contributed by atoms with Crippen LogP contribution in [0.3, 0.4) is 0 Å². The first-order chi connectivity index (χ1) is 9.82. The van der Waals surface area contributed by atoms with Crippen LogP contribution in [0.2, 0.25) is 0 Å². The lowest BCUT2D eigenvalue weighted by Gasteiger charge is -2.36. The zero-order chi connectivity index (χ0) is 15.6. The summed E-state index contributed by atoms with van der Waals surface area (Å²) in [7, 11) is 0. The highest BCUT2D eigenvalue weighted by molar-refractivity contribution is 7.09. The molecule has 6 nitrogen and oxygen atoms in total. The van der Waals surface area contributed by atoms with E-state index >= 15 is 0 Å². The second-order valence-electron chi connectivity index (χ2n) is 5.85. The topological polar surface area (TPSA) is 82.5 Å². The van der Waals surface area contributed by atoms with Gasteiger partial charge in [0.05, 0.1) is 11.5 Å². The van der Waals surface area contributed by atoms with Crippen molar-refractivity contribution in [2.45, 2.75) is 39.7 Å². The molecule has 1 saturated heterocycles. The van der Waals surface area contributed by atoms with Crippen molar-refractivity contribution >= 4 is 23.3 Å². The molecule has 1 aromatic heterocycles. The molecule has 1 atom stereocenters. The van der Waals surface area contributed by atoms with E-state index in [4.69, 9.17) is 0 Å². The molecule has 2 N–H and O–H groups in total. The van der Waals surface area contributed by atoms with Crippen molar-refractivity contribution in [2.24, 2.45) is 5.41 Å². The zero-order valence-corrected chi connectivity index (χ0v) is 13.4.